The van der Waals surface area contributed by atoms with Crippen LogP contribution in [0.2, 0.25) is 0 Å². The molecule has 1 N–H and O–H groups in total. The fourth-order valence-electron chi connectivity index (χ4n) is 1.93. The van der Waals surface area contributed by atoms with Crippen molar-refractivity contribution in [2.45, 2.75) is 19.9 Å². The zero-order valence-corrected chi connectivity index (χ0v) is 10.7. The second kappa shape index (κ2) is 5.75. The largest absolute Gasteiger partial charge is 0.493 e. The SMILES string of the molecule is CNC(c1ccc(OC)c(OC)c1)C(C)C. The third kappa shape index (κ3) is 2.67. The highest BCUT2D eigenvalue weighted by atomic mass is 16.5. The van der Waals surface area contributed by atoms with E-state index in [-0.39, 0.29) is 0 Å². The lowest BCUT2D eigenvalue weighted by Gasteiger charge is -2.21. The van der Waals surface area contributed by atoms with Gasteiger partial charge in [-0.2, -0.15) is 0 Å². The first kappa shape index (κ1) is 12.8. The van der Waals surface area contributed by atoms with Gasteiger partial charge in [0.2, 0.25) is 0 Å². The van der Waals surface area contributed by atoms with E-state index in [4.69, 9.17) is 9.47 Å². The minimum atomic E-state index is 0.333. The highest BCUT2D eigenvalue weighted by Gasteiger charge is 2.15. The van der Waals surface area contributed by atoms with Crippen LogP contribution in [0.4, 0.5) is 0 Å². The summed E-state index contributed by atoms with van der Waals surface area (Å²) in [5.74, 6) is 2.08. The van der Waals surface area contributed by atoms with Crippen LogP contribution in [0.25, 0.3) is 0 Å². The van der Waals surface area contributed by atoms with Crippen molar-refractivity contribution in [1.82, 2.24) is 5.32 Å². The lowest BCUT2D eigenvalue weighted by Crippen LogP contribution is -2.21. The molecule has 16 heavy (non-hydrogen) atoms. The van der Waals surface area contributed by atoms with Crippen molar-refractivity contribution in [2.75, 3.05) is 21.3 Å². The van der Waals surface area contributed by atoms with E-state index in [1.165, 1.54) is 5.56 Å². The minimum Gasteiger partial charge on any atom is -0.493 e. The summed E-state index contributed by atoms with van der Waals surface area (Å²) in [6.45, 7) is 4.38. The third-order valence-corrected chi connectivity index (χ3v) is 2.74. The minimum absolute atomic E-state index is 0.333. The molecule has 0 saturated heterocycles. The van der Waals surface area contributed by atoms with Crippen LogP contribution < -0.4 is 14.8 Å². The maximum absolute atomic E-state index is 5.30. The van der Waals surface area contributed by atoms with Crippen molar-refractivity contribution in [3.05, 3.63) is 23.8 Å². The lowest BCUT2D eigenvalue weighted by molar-refractivity contribution is 0.352. The molecule has 1 unspecified atom stereocenters. The highest BCUT2D eigenvalue weighted by Crippen LogP contribution is 2.31. The molecule has 0 spiro atoms. The molecule has 3 nitrogen and oxygen atoms in total. The first-order valence-corrected chi connectivity index (χ1v) is 5.53. The van der Waals surface area contributed by atoms with E-state index in [0.29, 0.717) is 12.0 Å². The van der Waals surface area contributed by atoms with Gasteiger partial charge in [-0.05, 0) is 30.7 Å². The Labute approximate surface area is 97.8 Å². The highest BCUT2D eigenvalue weighted by molar-refractivity contribution is 5.43. The Morgan fingerprint density at radius 1 is 1.06 bits per heavy atom. The van der Waals surface area contributed by atoms with Gasteiger partial charge in [-0.15, -0.1) is 0 Å². The van der Waals surface area contributed by atoms with Gasteiger partial charge in [0.25, 0.3) is 0 Å². The molecule has 1 aromatic carbocycles. The number of methoxy groups -OCH3 is 2. The van der Waals surface area contributed by atoms with Gasteiger partial charge < -0.3 is 14.8 Å². The lowest BCUT2D eigenvalue weighted by atomic mass is 9.96. The zero-order valence-electron chi connectivity index (χ0n) is 10.7. The molecular formula is C13H21NO2. The Morgan fingerprint density at radius 3 is 2.12 bits per heavy atom. The van der Waals surface area contributed by atoms with Crippen LogP contribution in [0.3, 0.4) is 0 Å². The Morgan fingerprint density at radius 2 is 1.69 bits per heavy atom. The molecule has 0 radical (unpaired) electrons. The summed E-state index contributed by atoms with van der Waals surface area (Å²) in [6.07, 6.45) is 0. The molecule has 0 aliphatic carbocycles. The molecule has 0 aliphatic heterocycles. The van der Waals surface area contributed by atoms with Crippen LogP contribution in [-0.4, -0.2) is 21.3 Å². The van der Waals surface area contributed by atoms with E-state index < -0.39 is 0 Å². The van der Waals surface area contributed by atoms with Crippen molar-refractivity contribution in [3.63, 3.8) is 0 Å². The summed E-state index contributed by atoms with van der Waals surface area (Å²) >= 11 is 0. The quantitative estimate of drug-likeness (QED) is 0.832. The van der Waals surface area contributed by atoms with Crippen molar-refractivity contribution in [2.24, 2.45) is 5.92 Å². The van der Waals surface area contributed by atoms with Gasteiger partial charge in [0.1, 0.15) is 0 Å². The molecule has 0 amide bonds. The summed E-state index contributed by atoms with van der Waals surface area (Å²) in [5.41, 5.74) is 1.22. The van der Waals surface area contributed by atoms with Crippen LogP contribution in [0, 0.1) is 5.92 Å². The van der Waals surface area contributed by atoms with Gasteiger partial charge in [0.05, 0.1) is 14.2 Å². The van der Waals surface area contributed by atoms with Gasteiger partial charge in [0, 0.05) is 6.04 Å². The smallest absolute Gasteiger partial charge is 0.161 e. The van der Waals surface area contributed by atoms with E-state index in [9.17, 15) is 0 Å². The Kier molecular flexibility index (Phi) is 4.62. The first-order valence-electron chi connectivity index (χ1n) is 5.53. The van der Waals surface area contributed by atoms with Crippen molar-refractivity contribution >= 4 is 0 Å². The van der Waals surface area contributed by atoms with Gasteiger partial charge in [-0.1, -0.05) is 19.9 Å². The summed E-state index contributed by atoms with van der Waals surface area (Å²) in [6, 6.07) is 6.38. The maximum Gasteiger partial charge on any atom is 0.161 e. The number of ether oxygens (including phenoxy) is 2. The van der Waals surface area contributed by atoms with Crippen LogP contribution >= 0.6 is 0 Å². The van der Waals surface area contributed by atoms with Crippen LogP contribution in [0.1, 0.15) is 25.5 Å². The standard InChI is InChI=1S/C13H21NO2/c1-9(2)13(14-3)10-6-7-11(15-4)12(8-10)16-5/h6-9,13-14H,1-5H3. The fraction of sp³-hybridized carbons (Fsp3) is 0.538. The predicted molar refractivity (Wildman–Crippen MR) is 66.2 cm³/mol. The Balaban J connectivity index is 3.06. The van der Waals surface area contributed by atoms with E-state index >= 15 is 0 Å². The first-order chi connectivity index (χ1) is 7.63. The molecule has 1 rings (SSSR count). The summed E-state index contributed by atoms with van der Waals surface area (Å²) in [4.78, 5) is 0. The van der Waals surface area contributed by atoms with Crippen molar-refractivity contribution in [1.29, 1.82) is 0 Å². The van der Waals surface area contributed by atoms with E-state index in [1.54, 1.807) is 14.2 Å². The molecule has 0 aliphatic rings. The monoisotopic (exact) mass is 223 g/mol. The molecule has 90 valence electrons. The van der Waals surface area contributed by atoms with E-state index in [2.05, 4.69) is 25.2 Å². The third-order valence-electron chi connectivity index (χ3n) is 2.74. The number of benzene rings is 1. The molecule has 1 aromatic rings. The fourth-order valence-corrected chi connectivity index (χ4v) is 1.93. The van der Waals surface area contributed by atoms with Crippen molar-refractivity contribution < 1.29 is 9.47 Å². The second-order valence-electron chi connectivity index (χ2n) is 4.12. The van der Waals surface area contributed by atoms with Gasteiger partial charge in [-0.3, -0.25) is 0 Å². The topological polar surface area (TPSA) is 30.5 Å². The molecule has 0 heterocycles. The summed E-state index contributed by atoms with van der Waals surface area (Å²) in [7, 11) is 5.28. The second-order valence-corrected chi connectivity index (χ2v) is 4.12. The predicted octanol–water partition coefficient (Wildman–Crippen LogP) is 2.62. The molecule has 1 atom stereocenters. The number of hydrogen-bond acceptors (Lipinski definition) is 3. The number of nitrogens with one attached hydrogen (secondary N) is 1. The summed E-state index contributed by atoms with van der Waals surface area (Å²) in [5, 5.41) is 3.31. The molecule has 3 heteroatoms. The molecular weight excluding hydrogens is 202 g/mol. The molecule has 0 fully saturated rings. The van der Waals surface area contributed by atoms with Crippen LogP contribution in [0.5, 0.6) is 11.5 Å². The van der Waals surface area contributed by atoms with Gasteiger partial charge in [0.15, 0.2) is 11.5 Å². The number of hydrogen-bond donors (Lipinski definition) is 1. The zero-order chi connectivity index (χ0) is 12.1. The Hall–Kier alpha value is -1.22. The Bertz CT molecular complexity index is 337. The number of rotatable bonds is 5. The van der Waals surface area contributed by atoms with E-state index in [0.717, 1.165) is 11.5 Å². The maximum atomic E-state index is 5.30. The van der Waals surface area contributed by atoms with Gasteiger partial charge >= 0.3 is 0 Å². The van der Waals surface area contributed by atoms with Gasteiger partial charge in [-0.25, -0.2) is 0 Å². The summed E-state index contributed by atoms with van der Waals surface area (Å²) < 4.78 is 10.5. The average Bonchev–Trinajstić information content (AvgIpc) is 2.29. The van der Waals surface area contributed by atoms with E-state index in [1.807, 2.05) is 19.2 Å². The normalized spacial score (nSPS) is 12.6. The molecule has 0 bridgehead atoms. The van der Waals surface area contributed by atoms with Crippen molar-refractivity contribution in [3.8, 4) is 11.5 Å². The molecule has 0 saturated carbocycles. The molecule has 0 aromatic heterocycles. The van der Waals surface area contributed by atoms with Crippen LogP contribution in [0.15, 0.2) is 18.2 Å². The van der Waals surface area contributed by atoms with Crippen LogP contribution in [-0.2, 0) is 0 Å². The average molecular weight is 223 g/mol.